The third-order valence-electron chi connectivity index (χ3n) is 2.99. The molecule has 0 saturated heterocycles. The quantitative estimate of drug-likeness (QED) is 0.825. The Morgan fingerprint density at radius 3 is 2.46 bits per heavy atom. The van der Waals surface area contributed by atoms with Gasteiger partial charge in [0.05, 0.1) is 13.5 Å². The number of esters is 1. The van der Waals surface area contributed by atoms with Crippen LogP contribution in [0, 0.1) is 11.6 Å². The van der Waals surface area contributed by atoms with Crippen molar-refractivity contribution in [2.45, 2.75) is 6.42 Å². The number of amides is 1. The average molecular weight is 335 g/mol. The largest absolute Gasteiger partial charge is 0.497 e. The van der Waals surface area contributed by atoms with E-state index in [1.54, 1.807) is 24.3 Å². The zero-order chi connectivity index (χ0) is 17.5. The van der Waals surface area contributed by atoms with Crippen molar-refractivity contribution in [2.24, 2.45) is 0 Å². The van der Waals surface area contributed by atoms with Crippen molar-refractivity contribution < 1.29 is 27.8 Å². The highest BCUT2D eigenvalue weighted by atomic mass is 19.1. The average Bonchev–Trinajstić information content (AvgIpc) is 2.52. The molecular formula is C17H15F2NO4. The fourth-order valence-corrected chi connectivity index (χ4v) is 1.97. The van der Waals surface area contributed by atoms with E-state index in [2.05, 4.69) is 5.32 Å². The summed E-state index contributed by atoms with van der Waals surface area (Å²) in [5, 5.41) is 2.24. The Morgan fingerprint density at radius 1 is 1.08 bits per heavy atom. The molecule has 0 spiro atoms. The lowest BCUT2D eigenvalue weighted by Crippen LogP contribution is -2.21. The molecule has 0 radical (unpaired) electrons. The Kier molecular flexibility index (Phi) is 5.83. The highest BCUT2D eigenvalue weighted by Gasteiger charge is 2.10. The predicted molar refractivity (Wildman–Crippen MR) is 82.6 cm³/mol. The lowest BCUT2D eigenvalue weighted by molar-refractivity contribution is -0.146. The smallest absolute Gasteiger partial charge is 0.310 e. The monoisotopic (exact) mass is 335 g/mol. The van der Waals surface area contributed by atoms with Crippen LogP contribution in [-0.4, -0.2) is 25.6 Å². The standard InChI is InChI=1S/C17H15F2NO4/c1-23-15-4-2-3-11(5-15)6-17(22)24-10-16(21)20-14-8-12(18)7-13(19)9-14/h2-5,7-9H,6,10H2,1H3,(H,20,21). The second kappa shape index (κ2) is 8.05. The fourth-order valence-electron chi connectivity index (χ4n) is 1.97. The van der Waals surface area contributed by atoms with Crippen molar-refractivity contribution in [1.82, 2.24) is 0 Å². The molecule has 0 fully saturated rings. The number of carbonyl (C=O) groups is 2. The molecule has 2 aromatic rings. The van der Waals surface area contributed by atoms with Crippen LogP contribution in [-0.2, 0) is 20.7 Å². The summed E-state index contributed by atoms with van der Waals surface area (Å²) < 4.78 is 35.9. The van der Waals surface area contributed by atoms with Gasteiger partial charge in [-0.15, -0.1) is 0 Å². The predicted octanol–water partition coefficient (Wildman–Crippen LogP) is 2.70. The summed E-state index contributed by atoms with van der Waals surface area (Å²) in [5.41, 5.74) is 0.619. The van der Waals surface area contributed by atoms with E-state index in [1.165, 1.54) is 7.11 Å². The van der Waals surface area contributed by atoms with E-state index in [-0.39, 0.29) is 12.1 Å². The number of benzene rings is 2. The Morgan fingerprint density at radius 2 is 1.79 bits per heavy atom. The normalized spacial score (nSPS) is 10.1. The summed E-state index contributed by atoms with van der Waals surface area (Å²) in [6.45, 7) is -0.555. The number of rotatable bonds is 6. The van der Waals surface area contributed by atoms with E-state index in [0.29, 0.717) is 17.4 Å². The van der Waals surface area contributed by atoms with Crippen LogP contribution in [0.1, 0.15) is 5.56 Å². The number of halogens is 2. The Bertz CT molecular complexity index is 729. The van der Waals surface area contributed by atoms with Gasteiger partial charge >= 0.3 is 5.97 Å². The summed E-state index contributed by atoms with van der Waals surface area (Å²) in [6.07, 6.45) is -0.0287. The van der Waals surface area contributed by atoms with E-state index in [4.69, 9.17) is 9.47 Å². The van der Waals surface area contributed by atoms with E-state index >= 15 is 0 Å². The Hall–Kier alpha value is -2.96. The first-order chi connectivity index (χ1) is 11.5. The molecule has 0 aliphatic rings. The first-order valence-corrected chi connectivity index (χ1v) is 7.01. The molecule has 0 aliphatic heterocycles. The Balaban J connectivity index is 1.83. The van der Waals surface area contributed by atoms with Gasteiger partial charge < -0.3 is 14.8 Å². The number of nitrogens with one attached hydrogen (secondary N) is 1. The van der Waals surface area contributed by atoms with Crippen molar-refractivity contribution in [3.05, 3.63) is 59.7 Å². The van der Waals surface area contributed by atoms with Crippen molar-refractivity contribution in [1.29, 1.82) is 0 Å². The molecule has 0 atom stereocenters. The molecule has 1 amide bonds. The van der Waals surface area contributed by atoms with Crippen molar-refractivity contribution in [3.8, 4) is 5.75 Å². The summed E-state index contributed by atoms with van der Waals surface area (Å²) in [5.74, 6) is -2.34. The topological polar surface area (TPSA) is 64.6 Å². The third-order valence-corrected chi connectivity index (χ3v) is 2.99. The van der Waals surface area contributed by atoms with Crippen LogP contribution in [0.2, 0.25) is 0 Å². The zero-order valence-corrected chi connectivity index (χ0v) is 12.8. The molecule has 0 unspecified atom stereocenters. The van der Waals surface area contributed by atoms with Crippen LogP contribution in [0.4, 0.5) is 14.5 Å². The van der Waals surface area contributed by atoms with Gasteiger partial charge in [0.25, 0.3) is 5.91 Å². The first-order valence-electron chi connectivity index (χ1n) is 7.01. The number of hydrogen-bond acceptors (Lipinski definition) is 4. The highest BCUT2D eigenvalue weighted by molar-refractivity contribution is 5.92. The summed E-state index contributed by atoms with van der Waals surface area (Å²) in [6, 6.07) is 9.46. The van der Waals surface area contributed by atoms with Crippen molar-refractivity contribution in [3.63, 3.8) is 0 Å². The number of ether oxygens (including phenoxy) is 2. The van der Waals surface area contributed by atoms with Crippen LogP contribution in [0.3, 0.4) is 0 Å². The highest BCUT2D eigenvalue weighted by Crippen LogP contribution is 2.14. The number of hydrogen-bond donors (Lipinski definition) is 1. The van der Waals surface area contributed by atoms with Gasteiger partial charge in [-0.05, 0) is 29.8 Å². The fraction of sp³-hybridized carbons (Fsp3) is 0.176. The van der Waals surface area contributed by atoms with Gasteiger partial charge in [0.1, 0.15) is 17.4 Å². The number of anilines is 1. The Labute approximate surface area is 137 Å². The molecule has 0 saturated carbocycles. The zero-order valence-electron chi connectivity index (χ0n) is 12.8. The molecular weight excluding hydrogens is 320 g/mol. The second-order valence-electron chi connectivity index (χ2n) is 4.90. The third kappa shape index (κ3) is 5.35. The van der Waals surface area contributed by atoms with Crippen molar-refractivity contribution >= 4 is 17.6 Å². The van der Waals surface area contributed by atoms with Gasteiger partial charge in [-0.2, -0.15) is 0 Å². The number of carbonyl (C=O) groups excluding carboxylic acids is 2. The van der Waals surface area contributed by atoms with E-state index in [9.17, 15) is 18.4 Å². The molecule has 0 heterocycles. The van der Waals surface area contributed by atoms with Gasteiger partial charge in [0.15, 0.2) is 6.61 Å². The molecule has 2 aromatic carbocycles. The minimum Gasteiger partial charge on any atom is -0.497 e. The van der Waals surface area contributed by atoms with Crippen LogP contribution in [0.5, 0.6) is 5.75 Å². The lowest BCUT2D eigenvalue weighted by atomic mass is 10.1. The molecule has 7 heteroatoms. The van der Waals surface area contributed by atoms with Gasteiger partial charge in [-0.3, -0.25) is 9.59 Å². The SMILES string of the molecule is COc1cccc(CC(=O)OCC(=O)Nc2cc(F)cc(F)c2)c1. The molecule has 0 aromatic heterocycles. The van der Waals surface area contributed by atoms with Crippen LogP contribution < -0.4 is 10.1 Å². The van der Waals surface area contributed by atoms with Gasteiger partial charge in [-0.25, -0.2) is 8.78 Å². The summed E-state index contributed by atoms with van der Waals surface area (Å²) in [4.78, 5) is 23.4. The minimum absolute atomic E-state index is 0.0287. The molecule has 2 rings (SSSR count). The minimum atomic E-state index is -0.819. The van der Waals surface area contributed by atoms with Crippen LogP contribution in [0.15, 0.2) is 42.5 Å². The van der Waals surface area contributed by atoms with Crippen LogP contribution in [0.25, 0.3) is 0 Å². The molecule has 0 aliphatic carbocycles. The summed E-state index contributed by atoms with van der Waals surface area (Å²) in [7, 11) is 1.51. The maximum absolute atomic E-state index is 13.0. The van der Waals surface area contributed by atoms with Gasteiger partial charge in [0, 0.05) is 11.8 Å². The van der Waals surface area contributed by atoms with Crippen LogP contribution >= 0.6 is 0 Å². The molecule has 126 valence electrons. The van der Waals surface area contributed by atoms with E-state index in [1.807, 2.05) is 0 Å². The second-order valence-corrected chi connectivity index (χ2v) is 4.90. The lowest BCUT2D eigenvalue weighted by Gasteiger charge is -2.08. The molecule has 1 N–H and O–H groups in total. The maximum Gasteiger partial charge on any atom is 0.310 e. The van der Waals surface area contributed by atoms with E-state index in [0.717, 1.165) is 12.1 Å². The number of methoxy groups -OCH3 is 1. The van der Waals surface area contributed by atoms with Gasteiger partial charge in [0.2, 0.25) is 0 Å². The molecule has 24 heavy (non-hydrogen) atoms. The van der Waals surface area contributed by atoms with Gasteiger partial charge in [-0.1, -0.05) is 12.1 Å². The van der Waals surface area contributed by atoms with E-state index < -0.39 is 30.1 Å². The first kappa shape index (κ1) is 17.4. The summed E-state index contributed by atoms with van der Waals surface area (Å²) >= 11 is 0. The van der Waals surface area contributed by atoms with Crippen molar-refractivity contribution in [2.75, 3.05) is 19.0 Å². The maximum atomic E-state index is 13.0. The molecule has 5 nitrogen and oxygen atoms in total. The molecule has 0 bridgehead atoms.